The smallest absolute Gasteiger partial charge is 0.335 e. The first-order chi connectivity index (χ1) is 18.4. The van der Waals surface area contributed by atoms with Gasteiger partial charge in [0, 0.05) is 6.42 Å². The third-order valence-corrected chi connectivity index (χ3v) is 6.35. The van der Waals surface area contributed by atoms with Crippen molar-refractivity contribution in [3.8, 4) is 17.2 Å². The van der Waals surface area contributed by atoms with Gasteiger partial charge in [-0.2, -0.15) is 0 Å². The second-order valence-electron chi connectivity index (χ2n) is 8.84. The summed E-state index contributed by atoms with van der Waals surface area (Å²) in [6.07, 6.45) is 6.77. The number of carboxylic acids is 2. The van der Waals surface area contributed by atoms with Crippen molar-refractivity contribution in [1.29, 1.82) is 0 Å². The number of carbonyl (C=O) groups is 2. The molecular weight excluding hydrogens is 480 g/mol. The molecule has 1 atom stereocenters. The molecule has 0 amide bonds. The zero-order chi connectivity index (χ0) is 26.5. The average Bonchev–Trinajstić information content (AvgIpc) is 2.95. The summed E-state index contributed by atoms with van der Waals surface area (Å²) in [5.41, 5.74) is 2.72. The van der Waals surface area contributed by atoms with Crippen LogP contribution in [0.1, 0.15) is 38.3 Å². The first-order valence-electron chi connectivity index (χ1n) is 12.0. The maximum atomic E-state index is 11.2. The Bertz CT molecular complexity index is 1500. The Morgan fingerprint density at radius 3 is 1.68 bits per heavy atom. The van der Waals surface area contributed by atoms with Crippen molar-refractivity contribution in [3.05, 3.63) is 144 Å². The molecule has 6 nitrogen and oxygen atoms in total. The molecule has 0 aliphatic heterocycles. The van der Waals surface area contributed by atoms with Crippen LogP contribution in [0.5, 0.6) is 17.2 Å². The lowest BCUT2D eigenvalue weighted by atomic mass is 9.84. The highest BCUT2D eigenvalue weighted by molar-refractivity contribution is 5.88. The normalized spacial score (nSPS) is 16.4. The van der Waals surface area contributed by atoms with Crippen molar-refractivity contribution in [2.24, 2.45) is 0 Å². The topological polar surface area (TPSA) is 93.1 Å². The number of rotatable bonds is 8. The van der Waals surface area contributed by atoms with E-state index in [2.05, 4.69) is 6.08 Å². The van der Waals surface area contributed by atoms with Gasteiger partial charge in [-0.3, -0.25) is 0 Å². The van der Waals surface area contributed by atoms with E-state index in [-0.39, 0.29) is 11.1 Å². The zero-order valence-corrected chi connectivity index (χ0v) is 20.3. The van der Waals surface area contributed by atoms with Crippen LogP contribution in [0.15, 0.2) is 121 Å². The summed E-state index contributed by atoms with van der Waals surface area (Å²) in [6.45, 7) is 0. The Kier molecular flexibility index (Phi) is 6.78. The number of allylic oxidation sites excluding steroid dienone is 2. The summed E-state index contributed by atoms with van der Waals surface area (Å²) in [7, 11) is 0. The number of hydrogen-bond acceptors (Lipinski definition) is 4. The lowest BCUT2D eigenvalue weighted by molar-refractivity contribution is 0.0686. The van der Waals surface area contributed by atoms with Gasteiger partial charge in [-0.05, 0) is 83.4 Å². The Balaban J connectivity index is 1.33. The first kappa shape index (κ1) is 24.6. The Morgan fingerprint density at radius 2 is 1.18 bits per heavy atom. The summed E-state index contributed by atoms with van der Waals surface area (Å²) < 4.78 is 12.3. The molecule has 1 unspecified atom stereocenters. The summed E-state index contributed by atoms with van der Waals surface area (Å²) in [6, 6.07) is 30.3. The third-order valence-electron chi connectivity index (χ3n) is 6.35. The van der Waals surface area contributed by atoms with Crippen LogP contribution in [-0.2, 0) is 5.60 Å². The van der Waals surface area contributed by atoms with Gasteiger partial charge in [0.25, 0.3) is 0 Å². The monoisotopic (exact) mass is 504 g/mol. The molecule has 4 aromatic carbocycles. The number of aromatic carboxylic acids is 2. The molecule has 4 aromatic rings. The van der Waals surface area contributed by atoms with Gasteiger partial charge < -0.3 is 19.7 Å². The van der Waals surface area contributed by atoms with Gasteiger partial charge in [0.1, 0.15) is 17.2 Å². The molecule has 1 aliphatic carbocycles. The molecule has 38 heavy (non-hydrogen) atoms. The summed E-state index contributed by atoms with van der Waals surface area (Å²) >= 11 is 0. The molecule has 2 N–H and O–H groups in total. The highest BCUT2D eigenvalue weighted by Crippen LogP contribution is 2.39. The van der Waals surface area contributed by atoms with Gasteiger partial charge in [0.05, 0.1) is 11.1 Å². The van der Waals surface area contributed by atoms with Crippen molar-refractivity contribution in [2.45, 2.75) is 12.0 Å². The minimum atomic E-state index is -0.980. The first-order valence-corrected chi connectivity index (χ1v) is 12.0. The quantitative estimate of drug-likeness (QED) is 0.264. The summed E-state index contributed by atoms with van der Waals surface area (Å²) in [5.74, 6) is -0.178. The van der Waals surface area contributed by atoms with Gasteiger partial charge in [0.2, 0.25) is 0 Å². The van der Waals surface area contributed by atoms with Crippen LogP contribution < -0.4 is 9.47 Å². The van der Waals surface area contributed by atoms with Gasteiger partial charge in [-0.25, -0.2) is 9.59 Å². The second-order valence-corrected chi connectivity index (χ2v) is 8.84. The molecule has 0 bridgehead atoms. The van der Waals surface area contributed by atoms with Crippen LogP contribution in [0, 0.1) is 0 Å². The Hall–Kier alpha value is -5.10. The van der Waals surface area contributed by atoms with Gasteiger partial charge in [-0.15, -0.1) is 0 Å². The zero-order valence-electron chi connectivity index (χ0n) is 20.3. The van der Waals surface area contributed by atoms with E-state index in [1.807, 2.05) is 66.7 Å². The standard InChI is InChI=1S/C32H24O6/c33-30(34)24-8-14-28(15-9-24)37-27-12-6-22(7-13-27)23-18-20-32(21-19-23,26-4-2-1-3-5-26)38-29-16-10-25(11-17-29)31(35)36/h1-20H,21H2,(H,33,34)(H,35,36). The number of hydrogen-bond donors (Lipinski definition) is 2. The van der Waals surface area contributed by atoms with Crippen molar-refractivity contribution < 1.29 is 29.3 Å². The molecular formula is C32H24O6. The van der Waals surface area contributed by atoms with Crippen molar-refractivity contribution in [1.82, 2.24) is 0 Å². The molecule has 0 fully saturated rings. The van der Waals surface area contributed by atoms with E-state index in [1.165, 1.54) is 24.3 Å². The fraction of sp³-hybridized carbons (Fsp3) is 0.0625. The van der Waals surface area contributed by atoms with E-state index in [0.717, 1.165) is 16.7 Å². The average molecular weight is 505 g/mol. The molecule has 0 saturated heterocycles. The minimum absolute atomic E-state index is 0.205. The molecule has 0 saturated carbocycles. The lowest BCUT2D eigenvalue weighted by Gasteiger charge is -2.34. The molecule has 188 valence electrons. The summed E-state index contributed by atoms with van der Waals surface area (Å²) in [5, 5.41) is 18.2. The molecule has 6 heteroatoms. The maximum absolute atomic E-state index is 11.2. The molecule has 0 aromatic heterocycles. The van der Waals surface area contributed by atoms with Crippen molar-refractivity contribution in [3.63, 3.8) is 0 Å². The fourth-order valence-electron chi connectivity index (χ4n) is 4.30. The Labute approximate surface area is 219 Å². The van der Waals surface area contributed by atoms with Crippen LogP contribution in [0.25, 0.3) is 5.57 Å². The molecule has 5 rings (SSSR count). The second kappa shape index (κ2) is 10.5. The third kappa shape index (κ3) is 5.34. The van der Waals surface area contributed by atoms with E-state index in [1.54, 1.807) is 24.3 Å². The van der Waals surface area contributed by atoms with Gasteiger partial charge >= 0.3 is 11.9 Å². The maximum Gasteiger partial charge on any atom is 0.335 e. The Morgan fingerprint density at radius 1 is 0.658 bits per heavy atom. The molecule has 0 spiro atoms. The van der Waals surface area contributed by atoms with Gasteiger partial charge in [0.15, 0.2) is 5.60 Å². The van der Waals surface area contributed by atoms with E-state index in [9.17, 15) is 14.7 Å². The van der Waals surface area contributed by atoms with E-state index >= 15 is 0 Å². The minimum Gasteiger partial charge on any atom is -0.478 e. The number of benzene rings is 4. The van der Waals surface area contributed by atoms with E-state index in [0.29, 0.717) is 23.7 Å². The number of carboxylic acid groups (broad SMARTS) is 2. The molecule has 0 radical (unpaired) electrons. The summed E-state index contributed by atoms with van der Waals surface area (Å²) in [4.78, 5) is 22.2. The molecule has 1 aliphatic rings. The van der Waals surface area contributed by atoms with Crippen molar-refractivity contribution in [2.75, 3.05) is 0 Å². The fourth-order valence-corrected chi connectivity index (χ4v) is 4.30. The highest BCUT2D eigenvalue weighted by atomic mass is 16.5. The predicted molar refractivity (Wildman–Crippen MR) is 144 cm³/mol. The van der Waals surface area contributed by atoms with Crippen LogP contribution in [0.3, 0.4) is 0 Å². The highest BCUT2D eigenvalue weighted by Gasteiger charge is 2.33. The van der Waals surface area contributed by atoms with Gasteiger partial charge in [-0.1, -0.05) is 54.6 Å². The van der Waals surface area contributed by atoms with Crippen LogP contribution >= 0.6 is 0 Å². The van der Waals surface area contributed by atoms with E-state index in [4.69, 9.17) is 14.6 Å². The largest absolute Gasteiger partial charge is 0.478 e. The van der Waals surface area contributed by atoms with Crippen molar-refractivity contribution >= 4 is 17.5 Å². The predicted octanol–water partition coefficient (Wildman–Crippen LogP) is 7.19. The van der Waals surface area contributed by atoms with Crippen LogP contribution in [0.2, 0.25) is 0 Å². The lowest BCUT2D eigenvalue weighted by Crippen LogP contribution is -2.31. The SMILES string of the molecule is O=C(O)c1ccc(Oc2ccc(C3=CCC(Oc4ccc(C(=O)O)cc4)(c4ccccc4)C=C3)cc2)cc1. The van der Waals surface area contributed by atoms with E-state index < -0.39 is 17.5 Å². The molecule has 0 heterocycles. The van der Waals surface area contributed by atoms with Crippen LogP contribution in [0.4, 0.5) is 0 Å². The number of ether oxygens (including phenoxy) is 2. The van der Waals surface area contributed by atoms with Crippen LogP contribution in [-0.4, -0.2) is 22.2 Å².